The highest BCUT2D eigenvalue weighted by Gasteiger charge is 2.22. The minimum absolute atomic E-state index is 0.00815. The Hall–Kier alpha value is -1.92. The summed E-state index contributed by atoms with van der Waals surface area (Å²) in [5, 5.41) is 2.89. The smallest absolute Gasteiger partial charge is 0.240 e. The number of carbonyl (C=O) groups is 2. The van der Waals surface area contributed by atoms with E-state index in [1.165, 1.54) is 16.0 Å². The van der Waals surface area contributed by atoms with Gasteiger partial charge < -0.3 is 10.2 Å². The lowest BCUT2D eigenvalue weighted by atomic mass is 10.1. The molecule has 150 valence electrons. The fourth-order valence-corrected chi connectivity index (χ4v) is 3.25. The topological polar surface area (TPSA) is 55.9 Å². The van der Waals surface area contributed by atoms with Crippen LogP contribution in [0.25, 0.3) is 0 Å². The standard InChI is InChI=1S/C21H34N4O2/c1-17-7-6-8-18(13-17)14-24-9-11-25(12-10-24)16-20(27)23(5)15-19(26)22-21(2,3)4/h6-8,13H,9-12,14-16H2,1-5H3,(H,22,26). The SMILES string of the molecule is Cc1cccc(CN2CCN(CC(=O)N(C)CC(=O)NC(C)(C)C)CC2)c1. The monoisotopic (exact) mass is 374 g/mol. The van der Waals surface area contributed by atoms with Crippen molar-refractivity contribution in [1.29, 1.82) is 0 Å². The van der Waals surface area contributed by atoms with Crippen LogP contribution in [0, 0.1) is 6.92 Å². The number of piperazine rings is 1. The van der Waals surface area contributed by atoms with E-state index in [9.17, 15) is 9.59 Å². The molecule has 2 amide bonds. The number of hydrogen-bond acceptors (Lipinski definition) is 4. The van der Waals surface area contributed by atoms with Crippen LogP contribution in [0.5, 0.6) is 0 Å². The van der Waals surface area contributed by atoms with E-state index in [2.05, 4.69) is 46.3 Å². The fraction of sp³-hybridized carbons (Fsp3) is 0.619. The molecule has 0 saturated carbocycles. The van der Waals surface area contributed by atoms with Gasteiger partial charge in [-0.15, -0.1) is 0 Å². The van der Waals surface area contributed by atoms with Crippen LogP contribution in [0.3, 0.4) is 0 Å². The Morgan fingerprint density at radius 3 is 2.33 bits per heavy atom. The molecule has 1 heterocycles. The summed E-state index contributed by atoms with van der Waals surface area (Å²) in [5.41, 5.74) is 2.34. The van der Waals surface area contributed by atoms with Gasteiger partial charge in [-0.3, -0.25) is 19.4 Å². The predicted octanol–water partition coefficient (Wildman–Crippen LogP) is 1.49. The summed E-state index contributed by atoms with van der Waals surface area (Å²) in [5.74, 6) is -0.132. The molecule has 2 rings (SSSR count). The van der Waals surface area contributed by atoms with Crippen molar-refractivity contribution >= 4 is 11.8 Å². The number of rotatable bonds is 6. The number of carbonyl (C=O) groups excluding carboxylic acids is 2. The van der Waals surface area contributed by atoms with Gasteiger partial charge >= 0.3 is 0 Å². The van der Waals surface area contributed by atoms with Crippen molar-refractivity contribution in [3.8, 4) is 0 Å². The Kier molecular flexibility index (Phi) is 7.39. The van der Waals surface area contributed by atoms with Crippen LogP contribution in [0.2, 0.25) is 0 Å². The van der Waals surface area contributed by atoms with Crippen LogP contribution in [0.4, 0.5) is 0 Å². The normalized spacial score (nSPS) is 16.2. The van der Waals surface area contributed by atoms with Gasteiger partial charge in [0.25, 0.3) is 0 Å². The largest absolute Gasteiger partial charge is 0.350 e. The molecule has 6 nitrogen and oxygen atoms in total. The third kappa shape index (κ3) is 7.69. The molecular formula is C21H34N4O2. The van der Waals surface area contributed by atoms with Crippen molar-refractivity contribution in [1.82, 2.24) is 20.0 Å². The lowest BCUT2D eigenvalue weighted by molar-refractivity contribution is -0.136. The summed E-state index contributed by atoms with van der Waals surface area (Å²) in [6.45, 7) is 13.0. The fourth-order valence-electron chi connectivity index (χ4n) is 3.25. The maximum absolute atomic E-state index is 12.4. The summed E-state index contributed by atoms with van der Waals surface area (Å²) in [7, 11) is 1.69. The van der Waals surface area contributed by atoms with Gasteiger partial charge in [0.15, 0.2) is 0 Å². The summed E-state index contributed by atoms with van der Waals surface area (Å²) in [6, 6.07) is 8.62. The van der Waals surface area contributed by atoms with E-state index in [1.54, 1.807) is 7.05 Å². The van der Waals surface area contributed by atoms with Gasteiger partial charge in [0.05, 0.1) is 13.1 Å². The molecule has 0 radical (unpaired) electrons. The zero-order valence-electron chi connectivity index (χ0n) is 17.4. The van der Waals surface area contributed by atoms with E-state index in [1.807, 2.05) is 20.8 Å². The van der Waals surface area contributed by atoms with E-state index >= 15 is 0 Å². The van der Waals surface area contributed by atoms with Gasteiger partial charge in [-0.25, -0.2) is 0 Å². The zero-order valence-corrected chi connectivity index (χ0v) is 17.4. The number of amides is 2. The maximum atomic E-state index is 12.4. The van der Waals surface area contributed by atoms with Gasteiger partial charge in [-0.05, 0) is 33.3 Å². The van der Waals surface area contributed by atoms with E-state index < -0.39 is 0 Å². The van der Waals surface area contributed by atoms with Crippen LogP contribution in [-0.4, -0.2) is 78.4 Å². The van der Waals surface area contributed by atoms with Crippen molar-refractivity contribution in [3.63, 3.8) is 0 Å². The van der Waals surface area contributed by atoms with Crippen LogP contribution >= 0.6 is 0 Å². The Morgan fingerprint density at radius 2 is 1.74 bits per heavy atom. The van der Waals surface area contributed by atoms with Gasteiger partial charge in [0.2, 0.25) is 11.8 Å². The molecule has 6 heteroatoms. The minimum Gasteiger partial charge on any atom is -0.350 e. The van der Waals surface area contributed by atoms with Crippen LogP contribution in [0.15, 0.2) is 24.3 Å². The van der Waals surface area contributed by atoms with Crippen molar-refractivity contribution in [2.45, 2.75) is 39.8 Å². The molecule has 27 heavy (non-hydrogen) atoms. The number of likely N-dealkylation sites (N-methyl/N-ethyl adjacent to an activating group) is 1. The molecule has 1 aliphatic rings. The van der Waals surface area contributed by atoms with Crippen molar-refractivity contribution in [2.75, 3.05) is 46.3 Å². The molecule has 0 aliphatic carbocycles. The van der Waals surface area contributed by atoms with E-state index in [-0.39, 0.29) is 23.9 Å². The van der Waals surface area contributed by atoms with Crippen molar-refractivity contribution < 1.29 is 9.59 Å². The van der Waals surface area contributed by atoms with Gasteiger partial charge in [-0.2, -0.15) is 0 Å². The van der Waals surface area contributed by atoms with Crippen LogP contribution in [0.1, 0.15) is 31.9 Å². The Bertz CT molecular complexity index is 646. The van der Waals surface area contributed by atoms with Crippen LogP contribution in [-0.2, 0) is 16.1 Å². The summed E-state index contributed by atoms with van der Waals surface area (Å²) in [6.07, 6.45) is 0. The highest BCUT2D eigenvalue weighted by atomic mass is 16.2. The molecule has 1 fully saturated rings. The molecule has 1 aliphatic heterocycles. The average molecular weight is 375 g/mol. The third-order valence-electron chi connectivity index (χ3n) is 4.63. The first-order valence-electron chi connectivity index (χ1n) is 9.67. The molecule has 0 unspecified atom stereocenters. The second-order valence-corrected chi connectivity index (χ2v) is 8.59. The van der Waals surface area contributed by atoms with Gasteiger partial charge in [0, 0.05) is 45.3 Å². The molecule has 1 aromatic carbocycles. The van der Waals surface area contributed by atoms with E-state index in [0.29, 0.717) is 6.54 Å². The van der Waals surface area contributed by atoms with Gasteiger partial charge in [0.1, 0.15) is 0 Å². The second-order valence-electron chi connectivity index (χ2n) is 8.59. The molecule has 1 aromatic rings. The maximum Gasteiger partial charge on any atom is 0.240 e. The molecule has 0 atom stereocenters. The number of aryl methyl sites for hydroxylation is 1. The first-order chi connectivity index (χ1) is 12.6. The van der Waals surface area contributed by atoms with Crippen molar-refractivity contribution in [3.05, 3.63) is 35.4 Å². The lowest BCUT2D eigenvalue weighted by Crippen LogP contribution is -2.51. The molecule has 1 N–H and O–H groups in total. The highest BCUT2D eigenvalue weighted by Crippen LogP contribution is 2.10. The second kappa shape index (κ2) is 9.33. The summed E-state index contributed by atoms with van der Waals surface area (Å²) in [4.78, 5) is 30.5. The quantitative estimate of drug-likeness (QED) is 0.820. The number of benzene rings is 1. The first kappa shape index (κ1) is 21.4. The van der Waals surface area contributed by atoms with Crippen LogP contribution < -0.4 is 5.32 Å². The molecule has 0 bridgehead atoms. The molecule has 0 spiro atoms. The molecule has 1 saturated heterocycles. The minimum atomic E-state index is -0.283. The molecule has 0 aromatic heterocycles. The van der Waals surface area contributed by atoms with Crippen molar-refractivity contribution in [2.24, 2.45) is 0 Å². The Morgan fingerprint density at radius 1 is 1.11 bits per heavy atom. The summed E-state index contributed by atoms with van der Waals surface area (Å²) >= 11 is 0. The lowest BCUT2D eigenvalue weighted by Gasteiger charge is -2.35. The Labute approximate surface area is 163 Å². The summed E-state index contributed by atoms with van der Waals surface area (Å²) < 4.78 is 0. The van der Waals surface area contributed by atoms with E-state index in [4.69, 9.17) is 0 Å². The number of nitrogens with zero attached hydrogens (tertiary/aromatic N) is 3. The van der Waals surface area contributed by atoms with Gasteiger partial charge in [-0.1, -0.05) is 29.8 Å². The Balaban J connectivity index is 1.73. The van der Waals surface area contributed by atoms with E-state index in [0.717, 1.165) is 32.7 Å². The number of nitrogens with one attached hydrogen (secondary N) is 1. The highest BCUT2D eigenvalue weighted by molar-refractivity contribution is 5.85. The average Bonchev–Trinajstić information content (AvgIpc) is 2.54. The number of hydrogen-bond donors (Lipinski definition) is 1. The molecular weight excluding hydrogens is 340 g/mol. The predicted molar refractivity (Wildman–Crippen MR) is 108 cm³/mol. The first-order valence-corrected chi connectivity index (χ1v) is 9.67. The third-order valence-corrected chi connectivity index (χ3v) is 4.63. The zero-order chi connectivity index (χ0) is 20.0.